The van der Waals surface area contributed by atoms with E-state index in [1.54, 1.807) is 13.8 Å². The van der Waals surface area contributed by atoms with Gasteiger partial charge in [-0.05, 0) is 85.7 Å². The topological polar surface area (TPSA) is 383 Å². The molecule has 2 aliphatic rings. The van der Waals surface area contributed by atoms with Gasteiger partial charge in [0.2, 0.25) is 0 Å². The largest absolute Gasteiger partial charge is 0.394 e. The number of nitrogens with zero attached hydrogens (tertiary/aromatic N) is 1. The molecular formula is C47H102NO27P5Y4. The Kier molecular flexibility index (Phi) is 71.3. The Morgan fingerprint density at radius 3 is 1.27 bits per heavy atom. The Morgan fingerprint density at radius 1 is 0.524 bits per heavy atom. The molecule has 0 spiro atoms. The van der Waals surface area contributed by atoms with Gasteiger partial charge in [0.25, 0.3) is 0 Å². The number of ether oxygens (including phenoxy) is 5. The van der Waals surface area contributed by atoms with Crippen molar-refractivity contribution < 1.29 is 259 Å². The van der Waals surface area contributed by atoms with Gasteiger partial charge in [-0.15, -0.1) is 0 Å². The molecule has 0 aliphatic carbocycles. The minimum atomic E-state index is -3.19. The van der Waals surface area contributed by atoms with Gasteiger partial charge in [-0.2, -0.15) is 0 Å². The van der Waals surface area contributed by atoms with Gasteiger partial charge in [0, 0.05) is 175 Å². The molecule has 0 saturated carbocycles. The predicted octanol–water partition coefficient (Wildman–Crippen LogP) is 3.79. The van der Waals surface area contributed by atoms with E-state index in [0.717, 1.165) is 12.8 Å². The molecule has 9 N–H and O–H groups in total. The first-order valence-corrected chi connectivity index (χ1v) is 33.9. The van der Waals surface area contributed by atoms with Crippen LogP contribution in [0.5, 0.6) is 0 Å². The molecule has 2 saturated heterocycles. The van der Waals surface area contributed by atoms with Gasteiger partial charge in [0.1, 0.15) is 44.9 Å². The van der Waals surface area contributed by atoms with E-state index in [4.69, 9.17) is 75.2 Å². The van der Waals surface area contributed by atoms with Crippen molar-refractivity contribution in [1.82, 2.24) is 4.67 Å². The van der Waals surface area contributed by atoms with Crippen LogP contribution in [0.25, 0.3) is 0 Å². The Balaban J connectivity index is -0.000000621. The smallest absolute Gasteiger partial charge is 0.319 e. The molecule has 15 atom stereocenters. The summed E-state index contributed by atoms with van der Waals surface area (Å²) in [5.74, 6) is -1.02. The number of unbranched alkanes of at least 4 members (excludes halogenated alkanes) is 4. The van der Waals surface area contributed by atoms with Crippen LogP contribution >= 0.6 is 41.3 Å². The third-order valence-corrected chi connectivity index (χ3v) is 17.7. The fourth-order valence-electron chi connectivity index (χ4n) is 7.57. The van der Waals surface area contributed by atoms with E-state index in [0.29, 0.717) is 69.9 Å². The van der Waals surface area contributed by atoms with Crippen LogP contribution in [-0.4, -0.2) is 236 Å². The second-order valence-electron chi connectivity index (χ2n) is 19.1. The summed E-state index contributed by atoms with van der Waals surface area (Å²) in [6, 6.07) is 1.06. The van der Waals surface area contributed by atoms with E-state index in [1.165, 1.54) is 7.11 Å². The van der Waals surface area contributed by atoms with Crippen molar-refractivity contribution in [1.29, 1.82) is 0 Å². The summed E-state index contributed by atoms with van der Waals surface area (Å²) in [5.41, 5.74) is 0. The molecule has 28 nitrogen and oxygen atoms in total. The van der Waals surface area contributed by atoms with Crippen LogP contribution in [0.3, 0.4) is 0 Å². The summed E-state index contributed by atoms with van der Waals surface area (Å²) >= 11 is 0. The van der Waals surface area contributed by atoms with Crippen molar-refractivity contribution >= 4 is 41.3 Å². The molecule has 0 aromatic carbocycles. The van der Waals surface area contributed by atoms with Gasteiger partial charge in [0.15, 0.2) is 12.6 Å². The number of aliphatic hydroxyl groups is 9. The molecule has 0 amide bonds. The molecule has 494 valence electrons. The van der Waals surface area contributed by atoms with Gasteiger partial charge < -0.3 is 110 Å². The molecule has 2 aliphatic heterocycles. The third-order valence-electron chi connectivity index (χ3n) is 12.1. The second kappa shape index (κ2) is 61.4. The van der Waals surface area contributed by atoms with E-state index in [2.05, 4.69) is 57.4 Å². The summed E-state index contributed by atoms with van der Waals surface area (Å²) in [6.07, 6.45) is -4.31. The number of hydrogen-bond acceptors (Lipinski definition) is 28. The Morgan fingerprint density at radius 2 is 0.917 bits per heavy atom. The van der Waals surface area contributed by atoms with Gasteiger partial charge >= 0.3 is 33.0 Å². The van der Waals surface area contributed by atoms with Gasteiger partial charge in [0.05, 0.1) is 97.6 Å². The van der Waals surface area contributed by atoms with Crippen molar-refractivity contribution in [3.63, 3.8) is 0 Å². The number of rotatable bonds is 44. The van der Waals surface area contributed by atoms with E-state index in [-0.39, 0.29) is 184 Å². The average molecular weight is 1620 g/mol. The molecule has 15 unspecified atom stereocenters. The van der Waals surface area contributed by atoms with Crippen LogP contribution in [0, 0.1) is 11.8 Å². The summed E-state index contributed by atoms with van der Waals surface area (Å²) in [5, 5.41) is 82.9. The van der Waals surface area contributed by atoms with E-state index in [1.807, 2.05) is 0 Å². The molecule has 0 bridgehead atoms. The van der Waals surface area contributed by atoms with Gasteiger partial charge in [-0.1, -0.05) is 27.7 Å². The predicted molar refractivity (Wildman–Crippen MR) is 298 cm³/mol. The maximum absolute atomic E-state index is 12.4. The molecule has 0 aromatic rings. The monoisotopic (exact) mass is 1620 g/mol. The second-order valence-corrected chi connectivity index (χ2v) is 25.2. The zero-order valence-corrected chi connectivity index (χ0v) is 67.0. The van der Waals surface area contributed by atoms with E-state index in [9.17, 15) is 48.9 Å². The normalized spacial score (nSPS) is 24.5. The van der Waals surface area contributed by atoms with Crippen molar-refractivity contribution in [3.05, 3.63) is 0 Å². The minimum absolute atomic E-state index is 0. The van der Waals surface area contributed by atoms with Gasteiger partial charge in [-0.3, -0.25) is 22.9 Å². The van der Waals surface area contributed by atoms with Crippen molar-refractivity contribution in [2.45, 2.75) is 186 Å². The fourth-order valence-corrected chi connectivity index (χ4v) is 11.9. The zero-order valence-electron chi connectivity index (χ0n) is 50.8. The first-order chi connectivity index (χ1) is 38.1. The SMILES string of the molecule is CCC(CC)OCCOP(C)N(C(C)C)C(C)C.CO[PH](=O)OCCO[PH](=O)OC(CO[PH](=O)OCCCCCOC1OC(CO)C(O)C(O)C1C)CO[PH](=O)OCCCCCOC1OC(CO)C(O)C(O)C1C.OCC(O)CO.[Y].[Y].[Y].[Y]. The minimum Gasteiger partial charge on any atom is -0.394 e. The molecule has 37 heteroatoms. The molecule has 4 radical (unpaired) electrons. The first kappa shape index (κ1) is 97.5. The Labute approximate surface area is 603 Å². The first-order valence-electron chi connectivity index (χ1n) is 27.3. The van der Waals surface area contributed by atoms with Crippen LogP contribution in [0.1, 0.15) is 107 Å². The molecule has 84 heavy (non-hydrogen) atoms. The quantitative estimate of drug-likeness (QED) is 0.0309. The standard InChI is InChI=1S/C30H62O22P4.C14H32NO2P.C3H8O3.4Y/c1-20-25(33)27(35)23(16-31)50-29(20)42-10-6-4-8-12-44-54(38)48-18-22(52-56(40)47-15-14-46-53(37)41-3)19-49-55(39)45-13-9-5-7-11-43-30-21(2)26(34)28(36)24(17-32)51-30;1-8-14(9-2)16-10-11-17-18(7)15(12(3)4)13(5)6;4-1-3(6)2-5;;;;/h20-36,53-56H,4-19H2,1-3H3;12-14H,8-11H2,1-7H3;3-6H,1-2H2;;;;. The molecule has 2 fully saturated rings. The summed E-state index contributed by atoms with van der Waals surface area (Å²) in [4.78, 5) is 0. The Bertz CT molecular complexity index is 1530. The van der Waals surface area contributed by atoms with Crippen molar-refractivity contribution in [2.75, 3.05) is 106 Å². The molecule has 0 aromatic heterocycles. The maximum Gasteiger partial charge on any atom is 0.319 e. The van der Waals surface area contributed by atoms with Crippen molar-refractivity contribution in [3.8, 4) is 0 Å². The summed E-state index contributed by atoms with van der Waals surface area (Å²) < 4.78 is 126. The van der Waals surface area contributed by atoms with E-state index < -0.39 is 141 Å². The molecular weight excluding hydrogens is 1520 g/mol. The van der Waals surface area contributed by atoms with E-state index >= 15 is 0 Å². The van der Waals surface area contributed by atoms with Crippen LogP contribution in [0.15, 0.2) is 0 Å². The summed E-state index contributed by atoms with van der Waals surface area (Å²) in [7, 11) is -11.3. The number of aliphatic hydroxyl groups excluding tert-OH is 9. The van der Waals surface area contributed by atoms with Crippen LogP contribution in [-0.2, 0) is 213 Å². The third kappa shape index (κ3) is 45.3. The fraction of sp³-hybridized carbons (Fsp3) is 1.00. The van der Waals surface area contributed by atoms with Crippen LogP contribution < -0.4 is 0 Å². The Hall–Kier alpha value is 4.81. The van der Waals surface area contributed by atoms with Crippen molar-refractivity contribution in [2.24, 2.45) is 11.8 Å². The van der Waals surface area contributed by atoms with Gasteiger partial charge in [-0.25, -0.2) is 0 Å². The molecule has 2 heterocycles. The average Bonchev–Trinajstić information content (AvgIpc) is 3.43. The maximum atomic E-state index is 12.4. The van der Waals surface area contributed by atoms with Crippen LogP contribution in [0.4, 0.5) is 0 Å². The summed E-state index contributed by atoms with van der Waals surface area (Å²) in [6.45, 7) is 17.9. The zero-order chi connectivity index (χ0) is 60.6. The van der Waals surface area contributed by atoms with Crippen LogP contribution in [0.2, 0.25) is 0 Å². The number of hydrogen-bond donors (Lipinski definition) is 9. The molecule has 2 rings (SSSR count).